The molecule has 1 aliphatic heterocycles. The molecule has 1 aliphatic carbocycles. The molecular weight excluding hydrogens is 521 g/mol. The Morgan fingerprint density at radius 1 is 1.10 bits per heavy atom. The van der Waals surface area contributed by atoms with Gasteiger partial charge in [0, 0.05) is 56.9 Å². The Hall–Kier alpha value is -2.79. The second kappa shape index (κ2) is 12.6. The quantitative estimate of drug-likeness (QED) is 0.584. The molecule has 2 heterocycles. The van der Waals surface area contributed by atoms with Crippen LogP contribution in [0.3, 0.4) is 0 Å². The molecule has 1 atom stereocenters. The molecule has 2 aromatic rings. The van der Waals surface area contributed by atoms with Crippen molar-refractivity contribution in [3.05, 3.63) is 52.6 Å². The van der Waals surface area contributed by atoms with Crippen LogP contribution in [0.4, 0.5) is 4.39 Å². The lowest BCUT2D eigenvalue weighted by Gasteiger charge is -2.35. The summed E-state index contributed by atoms with van der Waals surface area (Å²) in [6.07, 6.45) is 4.08. The minimum absolute atomic E-state index is 0.0183. The van der Waals surface area contributed by atoms with E-state index in [9.17, 15) is 22.4 Å². The molecule has 1 N–H and O–H groups in total. The monoisotopic (exact) mass is 561 g/mol. The Kier molecular flexibility index (Phi) is 9.43. The van der Waals surface area contributed by atoms with Gasteiger partial charge in [0.1, 0.15) is 5.82 Å². The summed E-state index contributed by atoms with van der Waals surface area (Å²) in [6.45, 7) is 5.60. The first kappa shape index (κ1) is 29.2. The molecule has 0 fully saturated rings. The van der Waals surface area contributed by atoms with E-state index in [1.54, 1.807) is 4.68 Å². The van der Waals surface area contributed by atoms with Crippen LogP contribution in [0.1, 0.15) is 73.3 Å². The van der Waals surface area contributed by atoms with Crippen molar-refractivity contribution in [2.75, 3.05) is 26.2 Å². The highest BCUT2D eigenvalue weighted by Gasteiger charge is 2.33. The van der Waals surface area contributed by atoms with Crippen LogP contribution >= 0.6 is 0 Å². The maximum atomic E-state index is 13.5. The molecule has 1 aromatic carbocycles. The molecular formula is C28H40FN5O4S. The number of carbonyl (C=O) groups is 2. The highest BCUT2D eigenvalue weighted by atomic mass is 32.2. The van der Waals surface area contributed by atoms with Crippen molar-refractivity contribution < 1.29 is 22.4 Å². The predicted octanol–water partition coefficient (Wildman–Crippen LogP) is 3.04. The zero-order valence-electron chi connectivity index (χ0n) is 23.2. The predicted molar refractivity (Wildman–Crippen MR) is 147 cm³/mol. The van der Waals surface area contributed by atoms with Crippen molar-refractivity contribution in [3.8, 4) is 0 Å². The number of sulfonamides is 1. The third-order valence-electron chi connectivity index (χ3n) is 7.68. The fourth-order valence-electron chi connectivity index (χ4n) is 5.49. The SMILES string of the molecule is CC(C)CCN1C(=O)CCCN(S(=O)(=O)Cc2ccc(F)cc2)CCCNC(=O)c2nn(C)c3c2CC1CC3. The lowest BCUT2D eigenvalue weighted by Crippen LogP contribution is -2.45. The van der Waals surface area contributed by atoms with Crippen LogP contribution in [-0.2, 0) is 40.5 Å². The summed E-state index contributed by atoms with van der Waals surface area (Å²) in [4.78, 5) is 28.6. The molecule has 0 spiro atoms. The van der Waals surface area contributed by atoms with Crippen LogP contribution in [-0.4, -0.2) is 71.4 Å². The smallest absolute Gasteiger partial charge is 0.272 e. The summed E-state index contributed by atoms with van der Waals surface area (Å²) < 4.78 is 43.2. The average molecular weight is 562 g/mol. The Balaban J connectivity index is 1.58. The van der Waals surface area contributed by atoms with E-state index in [0.29, 0.717) is 49.5 Å². The number of benzene rings is 1. The van der Waals surface area contributed by atoms with Gasteiger partial charge in [0.05, 0.1) is 5.75 Å². The second-order valence-electron chi connectivity index (χ2n) is 11.1. The summed E-state index contributed by atoms with van der Waals surface area (Å²) >= 11 is 0. The lowest BCUT2D eigenvalue weighted by atomic mass is 9.89. The van der Waals surface area contributed by atoms with Crippen LogP contribution in [0.2, 0.25) is 0 Å². The van der Waals surface area contributed by atoms with Gasteiger partial charge in [0.15, 0.2) is 5.69 Å². The summed E-state index contributed by atoms with van der Waals surface area (Å²) in [5.41, 5.74) is 2.84. The van der Waals surface area contributed by atoms with Crippen LogP contribution in [0.15, 0.2) is 24.3 Å². The number of aryl methyl sites for hydroxylation is 1. The molecule has 9 nitrogen and oxygen atoms in total. The fourth-order valence-corrected chi connectivity index (χ4v) is 7.10. The summed E-state index contributed by atoms with van der Waals surface area (Å²) in [6, 6.07) is 5.41. The molecule has 2 amide bonds. The van der Waals surface area contributed by atoms with Gasteiger partial charge in [-0.15, -0.1) is 0 Å². The van der Waals surface area contributed by atoms with Crippen LogP contribution in [0.5, 0.6) is 0 Å². The number of hydrogen-bond donors (Lipinski definition) is 1. The van der Waals surface area contributed by atoms with Gasteiger partial charge in [-0.05, 0) is 62.1 Å². The molecule has 11 heteroatoms. The van der Waals surface area contributed by atoms with E-state index < -0.39 is 15.8 Å². The van der Waals surface area contributed by atoms with E-state index in [1.165, 1.54) is 28.6 Å². The minimum atomic E-state index is -3.72. The average Bonchev–Trinajstić information content (AvgIpc) is 3.21. The first-order valence-corrected chi connectivity index (χ1v) is 15.5. The molecule has 4 rings (SSSR count). The molecule has 1 aromatic heterocycles. The second-order valence-corrected chi connectivity index (χ2v) is 13.0. The van der Waals surface area contributed by atoms with E-state index in [4.69, 9.17) is 0 Å². The van der Waals surface area contributed by atoms with Gasteiger partial charge >= 0.3 is 0 Å². The lowest BCUT2D eigenvalue weighted by molar-refractivity contribution is -0.134. The summed E-state index contributed by atoms with van der Waals surface area (Å²) in [7, 11) is -1.88. The number of halogens is 1. The maximum Gasteiger partial charge on any atom is 0.272 e. The number of amides is 2. The zero-order chi connectivity index (χ0) is 28.2. The van der Waals surface area contributed by atoms with Crippen LogP contribution in [0.25, 0.3) is 0 Å². The third kappa shape index (κ3) is 7.25. The van der Waals surface area contributed by atoms with Gasteiger partial charge < -0.3 is 10.2 Å². The number of fused-ring (bicyclic) bond motifs is 1. The Labute approximate surface area is 230 Å². The van der Waals surface area contributed by atoms with Crippen molar-refractivity contribution >= 4 is 21.8 Å². The molecule has 39 heavy (non-hydrogen) atoms. The van der Waals surface area contributed by atoms with Crippen molar-refractivity contribution in [1.82, 2.24) is 24.3 Å². The summed E-state index contributed by atoms with van der Waals surface area (Å²) in [5.74, 6) is -0.503. The van der Waals surface area contributed by atoms with Crippen LogP contribution < -0.4 is 5.32 Å². The van der Waals surface area contributed by atoms with E-state index in [-0.39, 0.29) is 43.1 Å². The van der Waals surface area contributed by atoms with Gasteiger partial charge in [-0.1, -0.05) is 26.0 Å². The van der Waals surface area contributed by atoms with Gasteiger partial charge in [0.25, 0.3) is 5.91 Å². The largest absolute Gasteiger partial charge is 0.351 e. The molecule has 1 unspecified atom stereocenters. The summed E-state index contributed by atoms with van der Waals surface area (Å²) in [5, 5.41) is 7.43. The number of aromatic nitrogens is 2. The molecule has 0 saturated carbocycles. The molecule has 0 radical (unpaired) electrons. The molecule has 2 aliphatic rings. The highest BCUT2D eigenvalue weighted by molar-refractivity contribution is 7.88. The first-order valence-electron chi connectivity index (χ1n) is 13.9. The Bertz CT molecular complexity index is 1280. The standard InChI is InChI=1S/C28H40FN5O4S/c1-20(2)13-17-34-23-11-12-25-24(18-23)27(31-32(25)3)28(36)30-14-5-16-33(15-4-6-26(34)35)39(37,38)19-21-7-9-22(29)10-8-21/h7-10,20,23H,4-6,11-19H2,1-3H3,(H,30,36). The van der Waals surface area contributed by atoms with E-state index in [1.807, 2.05) is 11.9 Å². The maximum absolute atomic E-state index is 13.5. The fraction of sp³-hybridized carbons (Fsp3) is 0.607. The van der Waals surface area contributed by atoms with E-state index in [0.717, 1.165) is 30.5 Å². The van der Waals surface area contributed by atoms with Gasteiger partial charge in [-0.3, -0.25) is 14.3 Å². The molecule has 2 bridgehead atoms. The Morgan fingerprint density at radius 2 is 1.82 bits per heavy atom. The van der Waals surface area contributed by atoms with E-state index in [2.05, 4.69) is 24.3 Å². The van der Waals surface area contributed by atoms with E-state index >= 15 is 0 Å². The Morgan fingerprint density at radius 3 is 2.54 bits per heavy atom. The normalized spacial score (nSPS) is 20.0. The highest BCUT2D eigenvalue weighted by Crippen LogP contribution is 2.28. The van der Waals surface area contributed by atoms with Crippen molar-refractivity contribution in [1.29, 1.82) is 0 Å². The molecule has 0 saturated heterocycles. The molecule has 214 valence electrons. The van der Waals surface area contributed by atoms with Crippen LogP contribution in [0, 0.1) is 11.7 Å². The van der Waals surface area contributed by atoms with Gasteiger partial charge in [-0.25, -0.2) is 17.1 Å². The third-order valence-corrected chi connectivity index (χ3v) is 9.53. The van der Waals surface area contributed by atoms with Crippen molar-refractivity contribution in [2.24, 2.45) is 13.0 Å². The van der Waals surface area contributed by atoms with Gasteiger partial charge in [0.2, 0.25) is 15.9 Å². The van der Waals surface area contributed by atoms with Crippen molar-refractivity contribution in [2.45, 2.75) is 70.6 Å². The first-order chi connectivity index (χ1) is 18.5. The number of rotatable bonds is 6. The van der Waals surface area contributed by atoms with Crippen molar-refractivity contribution in [3.63, 3.8) is 0 Å². The minimum Gasteiger partial charge on any atom is -0.351 e. The number of nitrogens with one attached hydrogen (secondary N) is 1. The number of hydrogen-bond acceptors (Lipinski definition) is 5. The number of carbonyl (C=O) groups excluding carboxylic acids is 2. The zero-order valence-corrected chi connectivity index (χ0v) is 24.0. The topological polar surface area (TPSA) is 105 Å². The number of nitrogens with zero attached hydrogens (tertiary/aromatic N) is 4. The van der Waals surface area contributed by atoms with Gasteiger partial charge in [-0.2, -0.15) is 5.10 Å².